The number of carbonyl (C=O) groups excluding carboxylic acids is 1. The van der Waals surface area contributed by atoms with Gasteiger partial charge in [-0.3, -0.25) is 9.69 Å². The summed E-state index contributed by atoms with van der Waals surface area (Å²) in [5.74, 6) is -1.40. The Balaban J connectivity index is 1.73. The molecule has 1 heterocycles. The summed E-state index contributed by atoms with van der Waals surface area (Å²) in [6.07, 6.45) is -0.195. The van der Waals surface area contributed by atoms with E-state index in [-0.39, 0.29) is 22.3 Å². The number of amides is 1. The maximum absolute atomic E-state index is 13.4. The minimum Gasteiger partial charge on any atom is -0.478 e. The highest BCUT2D eigenvalue weighted by molar-refractivity contribution is 7.81. The maximum atomic E-state index is 13.4. The first-order valence-electron chi connectivity index (χ1n) is 9.92. The van der Waals surface area contributed by atoms with Crippen LogP contribution >= 0.6 is 12.2 Å². The van der Waals surface area contributed by atoms with Crippen molar-refractivity contribution < 1.29 is 27.9 Å². The molecule has 5 nitrogen and oxygen atoms in total. The van der Waals surface area contributed by atoms with Gasteiger partial charge in [0.15, 0.2) is 5.11 Å². The molecule has 1 spiro atoms. The second kappa shape index (κ2) is 7.74. The average molecular weight is 460 g/mol. The number of benzene rings is 2. The first kappa shape index (κ1) is 22.0. The molecular weight excluding hydrogens is 441 g/mol. The van der Waals surface area contributed by atoms with Gasteiger partial charge in [0.25, 0.3) is 5.91 Å². The van der Waals surface area contributed by atoms with Crippen LogP contribution in [0.4, 0.5) is 24.5 Å². The van der Waals surface area contributed by atoms with Crippen LogP contribution in [0.1, 0.15) is 36.0 Å². The SMILES string of the molecule is Cc1ccc(N2C(=O)C3(CCC3)N(c3ccc(/C=C/C(=O)O)cc3)C2=S)cc1C(F)(F)F. The highest BCUT2D eigenvalue weighted by Crippen LogP contribution is 2.48. The lowest BCUT2D eigenvalue weighted by molar-refractivity contribution is -0.138. The number of carboxylic acids is 1. The zero-order valence-corrected chi connectivity index (χ0v) is 17.8. The van der Waals surface area contributed by atoms with Crippen LogP contribution in [0.5, 0.6) is 0 Å². The van der Waals surface area contributed by atoms with Gasteiger partial charge in [-0.15, -0.1) is 0 Å². The topological polar surface area (TPSA) is 60.9 Å². The van der Waals surface area contributed by atoms with Gasteiger partial charge in [-0.1, -0.05) is 18.2 Å². The smallest absolute Gasteiger partial charge is 0.416 e. The van der Waals surface area contributed by atoms with Crippen molar-refractivity contribution in [3.05, 3.63) is 65.2 Å². The van der Waals surface area contributed by atoms with Crippen molar-refractivity contribution in [1.29, 1.82) is 0 Å². The van der Waals surface area contributed by atoms with E-state index >= 15 is 0 Å². The van der Waals surface area contributed by atoms with Crippen LogP contribution in [0.3, 0.4) is 0 Å². The number of nitrogens with zero attached hydrogens (tertiary/aromatic N) is 2. The molecule has 0 atom stereocenters. The number of hydrogen-bond donors (Lipinski definition) is 1. The lowest BCUT2D eigenvalue weighted by Crippen LogP contribution is -2.55. The van der Waals surface area contributed by atoms with Crippen LogP contribution in [0.25, 0.3) is 6.08 Å². The standard InChI is InChI=1S/C23H19F3N2O3S/c1-14-3-7-17(13-18(14)23(24,25)26)27-20(31)22(11-2-12-22)28(21(27)32)16-8-4-15(5-9-16)6-10-19(29)30/h3-10,13H,2,11-12H2,1H3,(H,29,30)/b10-6+. The first-order valence-corrected chi connectivity index (χ1v) is 10.3. The molecule has 2 aromatic carbocycles. The van der Waals surface area contributed by atoms with Gasteiger partial charge in [0, 0.05) is 11.8 Å². The molecule has 1 aliphatic heterocycles. The number of halogens is 3. The first-order chi connectivity index (χ1) is 15.0. The molecule has 1 N–H and O–H groups in total. The Bertz CT molecular complexity index is 1140. The van der Waals surface area contributed by atoms with E-state index in [4.69, 9.17) is 17.3 Å². The molecule has 0 aromatic heterocycles. The molecule has 0 radical (unpaired) electrons. The van der Waals surface area contributed by atoms with Gasteiger partial charge < -0.3 is 10.0 Å². The fourth-order valence-corrected chi connectivity index (χ4v) is 4.63. The molecule has 0 bridgehead atoms. The van der Waals surface area contributed by atoms with Crippen LogP contribution < -0.4 is 9.80 Å². The van der Waals surface area contributed by atoms with E-state index in [9.17, 15) is 22.8 Å². The molecular formula is C23H19F3N2O3S. The van der Waals surface area contributed by atoms with Crippen LogP contribution in [0, 0.1) is 6.92 Å². The predicted octanol–water partition coefficient (Wildman–Crippen LogP) is 5.17. The minimum atomic E-state index is -4.54. The number of hydrogen-bond acceptors (Lipinski definition) is 3. The molecule has 1 saturated heterocycles. The van der Waals surface area contributed by atoms with E-state index in [1.54, 1.807) is 29.2 Å². The largest absolute Gasteiger partial charge is 0.478 e. The Morgan fingerprint density at radius 2 is 1.75 bits per heavy atom. The molecule has 2 aromatic rings. The summed E-state index contributed by atoms with van der Waals surface area (Å²) in [6, 6.07) is 10.6. The molecule has 2 aliphatic rings. The molecule has 1 aliphatic carbocycles. The van der Waals surface area contributed by atoms with Crippen molar-refractivity contribution >= 4 is 46.7 Å². The third-order valence-electron chi connectivity index (χ3n) is 5.95. The number of thiocarbonyl (C=S) groups is 1. The van der Waals surface area contributed by atoms with E-state index in [0.29, 0.717) is 24.1 Å². The van der Waals surface area contributed by atoms with Gasteiger partial charge in [-0.25, -0.2) is 4.79 Å². The lowest BCUT2D eigenvalue weighted by Gasteiger charge is -2.43. The lowest BCUT2D eigenvalue weighted by atomic mass is 9.75. The summed E-state index contributed by atoms with van der Waals surface area (Å²) in [6.45, 7) is 1.37. The molecule has 0 unspecified atom stereocenters. The summed E-state index contributed by atoms with van der Waals surface area (Å²) in [4.78, 5) is 27.1. The van der Waals surface area contributed by atoms with E-state index in [0.717, 1.165) is 18.6 Å². The Kier molecular flexibility index (Phi) is 5.32. The van der Waals surface area contributed by atoms with Gasteiger partial charge in [0.2, 0.25) is 0 Å². The van der Waals surface area contributed by atoms with Crippen LogP contribution in [0.2, 0.25) is 0 Å². The number of alkyl halides is 3. The van der Waals surface area contributed by atoms with Gasteiger partial charge in [-0.2, -0.15) is 13.2 Å². The van der Waals surface area contributed by atoms with Gasteiger partial charge >= 0.3 is 12.1 Å². The average Bonchev–Trinajstić information content (AvgIpc) is 2.93. The summed E-state index contributed by atoms with van der Waals surface area (Å²) in [7, 11) is 0. The zero-order chi connectivity index (χ0) is 23.3. The second-order valence-electron chi connectivity index (χ2n) is 7.90. The number of aliphatic carboxylic acids is 1. The molecule has 1 saturated carbocycles. The molecule has 1 amide bonds. The van der Waals surface area contributed by atoms with Crippen LogP contribution in [-0.2, 0) is 15.8 Å². The molecule has 9 heteroatoms. The number of aryl methyl sites for hydroxylation is 1. The third-order valence-corrected chi connectivity index (χ3v) is 6.31. The maximum Gasteiger partial charge on any atom is 0.416 e. The Hall–Kier alpha value is -3.20. The van der Waals surface area contributed by atoms with Gasteiger partial charge in [0.05, 0.1) is 11.3 Å². The van der Waals surface area contributed by atoms with Crippen molar-refractivity contribution in [3.8, 4) is 0 Å². The number of carboxylic acid groups (broad SMARTS) is 1. The van der Waals surface area contributed by atoms with Crippen molar-refractivity contribution in [3.63, 3.8) is 0 Å². The quantitative estimate of drug-likeness (QED) is 0.504. The number of rotatable bonds is 4. The number of carbonyl (C=O) groups is 2. The fourth-order valence-electron chi connectivity index (χ4n) is 4.16. The normalized spacial score (nSPS) is 18.0. The monoisotopic (exact) mass is 460 g/mol. The van der Waals surface area contributed by atoms with Crippen LogP contribution in [-0.4, -0.2) is 27.6 Å². The summed E-state index contributed by atoms with van der Waals surface area (Å²) < 4.78 is 40.3. The Morgan fingerprint density at radius 1 is 1.12 bits per heavy atom. The van der Waals surface area contributed by atoms with Crippen LogP contribution in [0.15, 0.2) is 48.5 Å². The number of anilines is 2. The summed E-state index contributed by atoms with van der Waals surface area (Å²) >= 11 is 5.60. The molecule has 4 rings (SSSR count). The predicted molar refractivity (Wildman–Crippen MR) is 118 cm³/mol. The zero-order valence-electron chi connectivity index (χ0n) is 17.0. The molecule has 2 fully saturated rings. The minimum absolute atomic E-state index is 0.0685. The van der Waals surface area contributed by atoms with E-state index in [2.05, 4.69) is 0 Å². The Morgan fingerprint density at radius 3 is 2.28 bits per heavy atom. The van der Waals surface area contributed by atoms with E-state index < -0.39 is 23.2 Å². The van der Waals surface area contributed by atoms with E-state index in [1.165, 1.54) is 30.0 Å². The Labute approximate surface area is 187 Å². The fraction of sp³-hybridized carbons (Fsp3) is 0.261. The van der Waals surface area contributed by atoms with Crippen molar-refractivity contribution in [2.45, 2.75) is 37.9 Å². The van der Waals surface area contributed by atoms with Gasteiger partial charge in [0.1, 0.15) is 5.54 Å². The molecule has 166 valence electrons. The highest BCUT2D eigenvalue weighted by Gasteiger charge is 2.59. The van der Waals surface area contributed by atoms with Crippen molar-refractivity contribution in [2.75, 3.05) is 9.80 Å². The van der Waals surface area contributed by atoms with Gasteiger partial charge in [-0.05, 0) is 79.9 Å². The van der Waals surface area contributed by atoms with Crippen molar-refractivity contribution in [2.24, 2.45) is 0 Å². The van der Waals surface area contributed by atoms with E-state index in [1.807, 2.05) is 0 Å². The van der Waals surface area contributed by atoms with Crippen molar-refractivity contribution in [1.82, 2.24) is 0 Å². The second-order valence-corrected chi connectivity index (χ2v) is 8.27. The summed E-state index contributed by atoms with van der Waals surface area (Å²) in [5.41, 5.74) is -0.284. The highest BCUT2D eigenvalue weighted by atomic mass is 32.1. The summed E-state index contributed by atoms with van der Waals surface area (Å²) in [5, 5.41) is 8.90. The third kappa shape index (κ3) is 3.56. The molecule has 32 heavy (non-hydrogen) atoms.